The molecule has 354 valence electrons. The minimum Gasteiger partial charge on any atom is -0.488 e. The Morgan fingerprint density at radius 3 is 1.28 bits per heavy atom. The second-order valence-electron chi connectivity index (χ2n) is 14.6. The van der Waals surface area contributed by atoms with Gasteiger partial charge in [-0.05, 0) is 112 Å². The van der Waals surface area contributed by atoms with Crippen molar-refractivity contribution < 1.29 is 38.2 Å². The first-order valence-corrected chi connectivity index (χ1v) is 22.9. The molecule has 0 aliphatic carbocycles. The van der Waals surface area contributed by atoms with Gasteiger partial charge in [0.15, 0.2) is 23.1 Å². The van der Waals surface area contributed by atoms with Crippen LogP contribution >= 0.6 is 46.4 Å². The predicted octanol–water partition coefficient (Wildman–Crippen LogP) is 11.2. The van der Waals surface area contributed by atoms with E-state index >= 15 is 0 Å². The highest BCUT2D eigenvalue weighted by Gasteiger charge is 2.29. The lowest BCUT2D eigenvalue weighted by molar-refractivity contribution is -0.127. The van der Waals surface area contributed by atoms with Crippen molar-refractivity contribution in [2.75, 3.05) is 46.2 Å². The van der Waals surface area contributed by atoms with E-state index in [0.717, 1.165) is 25.0 Å². The number of ketones is 2. The van der Waals surface area contributed by atoms with Crippen molar-refractivity contribution in [1.82, 2.24) is 0 Å². The first-order valence-electron chi connectivity index (χ1n) is 21.1. The van der Waals surface area contributed by atoms with E-state index in [1.165, 1.54) is 48.5 Å². The lowest BCUT2D eigenvalue weighted by Crippen LogP contribution is -2.32. The number of alkyl halides is 2. The number of benzene rings is 5. The highest BCUT2D eigenvalue weighted by atomic mass is 35.5. The average Bonchev–Trinajstić information content (AvgIpc) is 3.29. The number of amides is 4. The Morgan fingerprint density at radius 2 is 0.926 bits per heavy atom. The third kappa shape index (κ3) is 13.9. The summed E-state index contributed by atoms with van der Waals surface area (Å²) in [6.07, 6.45) is 1.22. The van der Waals surface area contributed by atoms with E-state index in [9.17, 15) is 28.8 Å². The second-order valence-corrected chi connectivity index (χ2v) is 16.1. The fourth-order valence-corrected chi connectivity index (χ4v) is 7.32. The van der Waals surface area contributed by atoms with Crippen LogP contribution in [0, 0.1) is 0 Å². The van der Waals surface area contributed by atoms with Gasteiger partial charge in [-0.1, -0.05) is 59.6 Å². The molecule has 2 unspecified atom stereocenters. The minimum atomic E-state index is -1.68. The molecule has 0 bridgehead atoms. The van der Waals surface area contributed by atoms with Crippen molar-refractivity contribution >= 4 is 116 Å². The molecule has 2 atom stereocenters. The maximum atomic E-state index is 13.7. The monoisotopic (exact) mass is 1000 g/mol. The number of Topliss-reactive ketones (excluding diaryl/α,β-unsaturated/α-hetero) is 2. The number of anilines is 4. The van der Waals surface area contributed by atoms with Gasteiger partial charge in [0.2, 0.25) is 12.1 Å². The molecule has 20 heteroatoms. The fraction of sp³-hybridized carbons (Fsp3) is 0.250. The molecule has 5 aromatic rings. The van der Waals surface area contributed by atoms with Crippen LogP contribution in [0.5, 0.6) is 11.5 Å². The molecule has 0 spiro atoms. The van der Waals surface area contributed by atoms with Gasteiger partial charge in [0.25, 0.3) is 23.6 Å². The predicted molar refractivity (Wildman–Crippen MR) is 265 cm³/mol. The van der Waals surface area contributed by atoms with Crippen LogP contribution in [-0.4, -0.2) is 72.3 Å². The molecule has 0 aliphatic heterocycles. The van der Waals surface area contributed by atoms with Crippen molar-refractivity contribution in [3.63, 3.8) is 0 Å². The third-order valence-electron chi connectivity index (χ3n) is 9.62. The van der Waals surface area contributed by atoms with Gasteiger partial charge in [-0.3, -0.25) is 28.8 Å². The highest BCUT2D eigenvalue weighted by Crippen LogP contribution is 2.42. The van der Waals surface area contributed by atoms with Gasteiger partial charge in [-0.2, -0.15) is 20.5 Å². The number of carbonyl (C=O) groups is 6. The number of hydrogen-bond donors (Lipinski definition) is 4. The quantitative estimate of drug-likeness (QED) is 0.0296. The van der Waals surface area contributed by atoms with Crippen LogP contribution in [0.25, 0.3) is 0 Å². The zero-order valence-corrected chi connectivity index (χ0v) is 40.2. The topological polar surface area (TPSA) is 218 Å². The normalized spacial score (nSPS) is 12.0. The number of halogens is 4. The number of aryl methyl sites for hydroxylation is 2. The number of nitrogens with zero attached hydrogens (tertiary/aromatic N) is 4. The van der Waals surface area contributed by atoms with E-state index in [2.05, 4.69) is 41.7 Å². The van der Waals surface area contributed by atoms with Crippen molar-refractivity contribution in [2.24, 2.45) is 20.5 Å². The molecule has 0 aliphatic rings. The van der Waals surface area contributed by atoms with Crippen LogP contribution in [0.3, 0.4) is 0 Å². The van der Waals surface area contributed by atoms with Crippen LogP contribution in [0.1, 0.15) is 59.5 Å². The zero-order valence-electron chi connectivity index (χ0n) is 37.2. The van der Waals surface area contributed by atoms with Gasteiger partial charge in [0, 0.05) is 23.1 Å². The first-order chi connectivity index (χ1) is 32.7. The van der Waals surface area contributed by atoms with E-state index < -0.39 is 47.3 Å². The summed E-state index contributed by atoms with van der Waals surface area (Å²) in [5.74, 6) is -3.44. The zero-order chi connectivity index (χ0) is 49.3. The van der Waals surface area contributed by atoms with Crippen LogP contribution in [-0.2, 0) is 32.0 Å². The maximum Gasteiger partial charge on any atom is 0.258 e. The number of nitrogens with one attached hydrogen (secondary N) is 4. The Hall–Kier alpha value is -6.72. The van der Waals surface area contributed by atoms with Crippen LogP contribution in [0.2, 0.25) is 10.0 Å². The Bertz CT molecular complexity index is 2570. The summed E-state index contributed by atoms with van der Waals surface area (Å²) in [5, 5.41) is 26.8. The van der Waals surface area contributed by atoms with Crippen molar-refractivity contribution in [3.05, 3.63) is 129 Å². The number of carbonyl (C=O) groups excluding carboxylic acids is 6. The van der Waals surface area contributed by atoms with Crippen molar-refractivity contribution in [2.45, 2.75) is 52.6 Å². The lowest BCUT2D eigenvalue weighted by Gasteiger charge is -2.20. The molecule has 16 nitrogen and oxygen atoms in total. The molecule has 4 amide bonds. The maximum absolute atomic E-state index is 13.7. The molecule has 0 heterocycles. The Labute approximate surface area is 412 Å². The standard InChI is InChI=1S/C48H46Cl4N8O8/c1-5-67-43-37(55-47(65)41(27(3)61)59-57-35-17-9-15-33(39(35)51)45(63)53-31-13-7-11-29(25-31)21-23-49)19-20-38(44(43)68-6-2)56-48(66)42(28(4)62)60-58-36-18-10-16-34(40(36)52)46(64)54-32-14-8-12-30(26-32)22-24-50/h7-20,25-26,41-42H,5-6,21-24H2,1-4H3,(H,53,63)(H,54,64)(H,55,65)(H,56,66). The number of azo groups is 2. The minimum absolute atomic E-state index is 0.0200. The second kappa shape index (κ2) is 25.4. The smallest absolute Gasteiger partial charge is 0.258 e. The summed E-state index contributed by atoms with van der Waals surface area (Å²) in [7, 11) is 0. The third-order valence-corrected chi connectivity index (χ3v) is 10.8. The molecule has 0 radical (unpaired) electrons. The summed E-state index contributed by atoms with van der Waals surface area (Å²) in [6, 6.07) is 22.7. The molecule has 0 fully saturated rings. The van der Waals surface area contributed by atoms with E-state index in [0.29, 0.717) is 36.0 Å². The fourth-order valence-electron chi connectivity index (χ4n) is 6.38. The van der Waals surface area contributed by atoms with Gasteiger partial charge in [0.05, 0.1) is 45.8 Å². The van der Waals surface area contributed by atoms with Gasteiger partial charge in [-0.15, -0.1) is 23.2 Å². The Kier molecular flexibility index (Phi) is 19.5. The highest BCUT2D eigenvalue weighted by molar-refractivity contribution is 6.37. The van der Waals surface area contributed by atoms with E-state index in [1.807, 2.05) is 12.1 Å². The summed E-state index contributed by atoms with van der Waals surface area (Å²) in [6.45, 7) is 5.78. The van der Waals surface area contributed by atoms with Crippen LogP contribution < -0.4 is 30.7 Å². The molecule has 0 saturated heterocycles. The van der Waals surface area contributed by atoms with Gasteiger partial charge in [-0.25, -0.2) is 0 Å². The summed E-state index contributed by atoms with van der Waals surface area (Å²) >= 11 is 24.9. The molecule has 0 saturated carbocycles. The molecule has 0 aromatic heterocycles. The molecule has 4 N–H and O–H groups in total. The Morgan fingerprint density at radius 1 is 0.544 bits per heavy atom. The summed E-state index contributed by atoms with van der Waals surface area (Å²) in [5.41, 5.74) is 3.18. The largest absolute Gasteiger partial charge is 0.488 e. The average molecular weight is 1000 g/mol. The lowest BCUT2D eigenvalue weighted by atomic mass is 10.1. The van der Waals surface area contributed by atoms with Crippen LogP contribution in [0.15, 0.2) is 118 Å². The Balaban J connectivity index is 1.34. The molecular formula is C48H46Cl4N8O8. The molecular weight excluding hydrogens is 958 g/mol. The number of rotatable bonds is 22. The number of ether oxygens (including phenoxy) is 2. The van der Waals surface area contributed by atoms with Gasteiger partial charge >= 0.3 is 0 Å². The first kappa shape index (κ1) is 52.3. The van der Waals surface area contributed by atoms with Crippen molar-refractivity contribution in [3.8, 4) is 11.5 Å². The molecule has 5 aromatic carbocycles. The van der Waals surface area contributed by atoms with E-state index in [4.69, 9.17) is 55.9 Å². The van der Waals surface area contributed by atoms with Gasteiger partial charge in [0.1, 0.15) is 11.4 Å². The van der Waals surface area contributed by atoms with E-state index in [1.54, 1.807) is 50.2 Å². The van der Waals surface area contributed by atoms with Gasteiger partial charge < -0.3 is 30.7 Å². The van der Waals surface area contributed by atoms with Crippen LogP contribution in [0.4, 0.5) is 34.1 Å². The van der Waals surface area contributed by atoms with E-state index in [-0.39, 0.29) is 68.6 Å². The number of hydrogen-bond acceptors (Lipinski definition) is 12. The summed E-state index contributed by atoms with van der Waals surface area (Å²) in [4.78, 5) is 79.4. The SMILES string of the molecule is CCOc1c(NC(=O)C(N=Nc2cccc(C(=O)Nc3cccc(CCCl)c3)c2Cl)C(C)=O)ccc(NC(=O)C(N=Nc2cccc(C(=O)Nc3cccc(CCCl)c3)c2Cl)C(C)=O)c1OCC. The molecule has 68 heavy (non-hydrogen) atoms. The van der Waals surface area contributed by atoms with Crippen molar-refractivity contribution in [1.29, 1.82) is 0 Å². The summed E-state index contributed by atoms with van der Waals surface area (Å²) < 4.78 is 11.8. The molecule has 5 rings (SSSR count).